The Balaban J connectivity index is 2.09. The van der Waals surface area contributed by atoms with Crippen molar-refractivity contribution < 1.29 is 24.7 Å². The van der Waals surface area contributed by atoms with E-state index >= 15 is 0 Å². The van der Waals surface area contributed by atoms with Crippen LogP contribution in [0.25, 0.3) is 0 Å². The van der Waals surface area contributed by atoms with Crippen molar-refractivity contribution in [2.24, 2.45) is 5.41 Å². The number of likely N-dealkylation sites (tertiary alicyclic amines) is 1. The van der Waals surface area contributed by atoms with Crippen molar-refractivity contribution in [3.63, 3.8) is 0 Å². The number of non-ortho nitro benzene ring substituents is 1. The molecule has 1 aliphatic rings. The molecule has 2 aromatic rings. The van der Waals surface area contributed by atoms with Crippen molar-refractivity contribution in [1.82, 2.24) is 4.90 Å². The first-order valence-corrected chi connectivity index (χ1v) is 10.3. The van der Waals surface area contributed by atoms with E-state index in [1.165, 1.54) is 29.2 Å². The van der Waals surface area contributed by atoms with E-state index in [0.717, 1.165) is 17.5 Å². The Hall–Kier alpha value is -3.42. The van der Waals surface area contributed by atoms with Crippen LogP contribution in [0.4, 0.5) is 10.5 Å². The molecule has 164 valence electrons. The highest BCUT2D eigenvalue weighted by atomic mass is 16.6. The number of amides is 1. The van der Waals surface area contributed by atoms with Crippen LogP contribution in [0.5, 0.6) is 0 Å². The van der Waals surface area contributed by atoms with Crippen LogP contribution in [0, 0.1) is 15.5 Å². The number of nitro groups is 1. The fraction of sp³-hybridized carbons (Fsp3) is 0.391. The number of carboxylic acids is 1. The Bertz CT molecular complexity index is 973. The lowest BCUT2D eigenvalue weighted by Gasteiger charge is -2.49. The summed E-state index contributed by atoms with van der Waals surface area (Å²) in [5.74, 6) is -1.34. The van der Waals surface area contributed by atoms with Crippen molar-refractivity contribution in [1.29, 1.82) is 0 Å². The number of rotatable bonds is 6. The zero-order valence-electron chi connectivity index (χ0n) is 17.5. The maximum absolute atomic E-state index is 12.6. The van der Waals surface area contributed by atoms with Gasteiger partial charge in [-0.2, -0.15) is 0 Å². The first-order chi connectivity index (χ1) is 14.7. The molecule has 3 rings (SSSR count). The monoisotopic (exact) mass is 426 g/mol. The van der Waals surface area contributed by atoms with Crippen LogP contribution >= 0.6 is 0 Å². The van der Waals surface area contributed by atoms with E-state index in [4.69, 9.17) is 0 Å². The van der Waals surface area contributed by atoms with E-state index in [1.807, 2.05) is 31.2 Å². The largest absolute Gasteiger partial charge is 0.481 e. The minimum absolute atomic E-state index is 0.132. The van der Waals surface area contributed by atoms with Gasteiger partial charge in [0.15, 0.2) is 0 Å². The van der Waals surface area contributed by atoms with Gasteiger partial charge in [0, 0.05) is 24.6 Å². The summed E-state index contributed by atoms with van der Waals surface area (Å²) in [6, 6.07) is 12.4. The standard InChI is InChI=1S/C23H26N2O6/c1-3-15-5-7-16(8-6-15)18-13-23(4-2,21(26)27)20(24(14-18)22(28)29)17-9-11-19(12-10-17)25(30)31/h5-12,18,20H,3-4,13-14H2,1-2H3,(H,26,27)(H,28,29). The Morgan fingerprint density at radius 2 is 1.65 bits per heavy atom. The van der Waals surface area contributed by atoms with Gasteiger partial charge in [0.1, 0.15) is 0 Å². The minimum atomic E-state index is -1.36. The van der Waals surface area contributed by atoms with Crippen LogP contribution in [-0.2, 0) is 11.2 Å². The molecule has 0 saturated carbocycles. The van der Waals surface area contributed by atoms with Crippen molar-refractivity contribution >= 4 is 17.7 Å². The second-order valence-electron chi connectivity index (χ2n) is 8.00. The van der Waals surface area contributed by atoms with Gasteiger partial charge >= 0.3 is 12.1 Å². The Labute approximate surface area is 180 Å². The quantitative estimate of drug-likeness (QED) is 0.503. The zero-order valence-corrected chi connectivity index (χ0v) is 17.5. The molecule has 1 aliphatic heterocycles. The molecule has 8 nitrogen and oxygen atoms in total. The lowest BCUT2D eigenvalue weighted by Crippen LogP contribution is -2.54. The molecule has 2 N–H and O–H groups in total. The number of benzene rings is 2. The second kappa shape index (κ2) is 8.75. The van der Waals surface area contributed by atoms with Crippen LogP contribution in [0.3, 0.4) is 0 Å². The number of nitro benzene ring substituents is 1. The Kier molecular flexibility index (Phi) is 6.29. The number of hydrogen-bond donors (Lipinski definition) is 2. The van der Waals surface area contributed by atoms with Crippen LogP contribution < -0.4 is 0 Å². The highest BCUT2D eigenvalue weighted by Crippen LogP contribution is 2.52. The summed E-state index contributed by atoms with van der Waals surface area (Å²) in [5, 5.41) is 31.3. The molecule has 1 saturated heterocycles. The fourth-order valence-electron chi connectivity index (χ4n) is 4.66. The van der Waals surface area contributed by atoms with Gasteiger partial charge in [-0.1, -0.05) is 50.2 Å². The highest BCUT2D eigenvalue weighted by Gasteiger charge is 2.54. The number of aliphatic carboxylic acids is 1. The predicted octanol–water partition coefficient (Wildman–Crippen LogP) is 4.85. The molecular formula is C23H26N2O6. The lowest BCUT2D eigenvalue weighted by atomic mass is 9.64. The normalized spacial score (nSPS) is 23.4. The average Bonchev–Trinajstić information content (AvgIpc) is 2.78. The number of carbonyl (C=O) groups is 2. The van der Waals surface area contributed by atoms with Gasteiger partial charge in [0.2, 0.25) is 0 Å². The first-order valence-electron chi connectivity index (χ1n) is 10.3. The molecule has 0 aromatic heterocycles. The van der Waals surface area contributed by atoms with Gasteiger partial charge < -0.3 is 10.2 Å². The van der Waals surface area contributed by atoms with E-state index < -0.39 is 28.4 Å². The predicted molar refractivity (Wildman–Crippen MR) is 114 cm³/mol. The third-order valence-corrected chi connectivity index (χ3v) is 6.44. The third-order valence-electron chi connectivity index (χ3n) is 6.44. The van der Waals surface area contributed by atoms with Crippen molar-refractivity contribution in [3.05, 3.63) is 75.3 Å². The molecule has 1 fully saturated rings. The van der Waals surface area contributed by atoms with E-state index in [1.54, 1.807) is 6.92 Å². The van der Waals surface area contributed by atoms with E-state index in [9.17, 15) is 29.9 Å². The molecule has 3 unspecified atom stereocenters. The minimum Gasteiger partial charge on any atom is -0.481 e. The topological polar surface area (TPSA) is 121 Å². The summed E-state index contributed by atoms with van der Waals surface area (Å²) in [6.07, 6.45) is 0.160. The average molecular weight is 426 g/mol. The number of carboxylic acid groups (broad SMARTS) is 2. The summed E-state index contributed by atoms with van der Waals surface area (Å²) in [5.41, 5.74) is 1.01. The van der Waals surface area contributed by atoms with E-state index in [-0.39, 0.29) is 31.0 Å². The maximum Gasteiger partial charge on any atom is 0.407 e. The second-order valence-corrected chi connectivity index (χ2v) is 8.00. The summed E-state index contributed by atoms with van der Waals surface area (Å²) >= 11 is 0. The van der Waals surface area contributed by atoms with Gasteiger partial charge in [-0.25, -0.2) is 4.79 Å². The van der Waals surface area contributed by atoms with E-state index in [2.05, 4.69) is 0 Å². The van der Waals surface area contributed by atoms with Crippen molar-refractivity contribution in [2.75, 3.05) is 6.54 Å². The van der Waals surface area contributed by atoms with Gasteiger partial charge in [-0.05, 0) is 36.0 Å². The number of aryl methyl sites for hydroxylation is 1. The molecule has 8 heteroatoms. The molecule has 0 aliphatic carbocycles. The number of hydrogen-bond acceptors (Lipinski definition) is 4. The Morgan fingerprint density at radius 1 is 1.06 bits per heavy atom. The van der Waals surface area contributed by atoms with Gasteiger partial charge in [0.05, 0.1) is 16.4 Å². The highest BCUT2D eigenvalue weighted by molar-refractivity contribution is 5.78. The maximum atomic E-state index is 12.6. The summed E-state index contributed by atoms with van der Waals surface area (Å²) < 4.78 is 0. The molecule has 1 heterocycles. The number of piperidine rings is 1. The number of nitrogens with zero attached hydrogens (tertiary/aromatic N) is 2. The van der Waals surface area contributed by atoms with Crippen molar-refractivity contribution in [3.8, 4) is 0 Å². The fourth-order valence-corrected chi connectivity index (χ4v) is 4.66. The summed E-state index contributed by atoms with van der Waals surface area (Å²) in [4.78, 5) is 36.5. The van der Waals surface area contributed by atoms with Gasteiger partial charge in [-0.3, -0.25) is 19.8 Å². The van der Waals surface area contributed by atoms with Crippen LogP contribution in [-0.4, -0.2) is 38.6 Å². The molecular weight excluding hydrogens is 400 g/mol. The smallest absolute Gasteiger partial charge is 0.407 e. The molecule has 0 spiro atoms. The Morgan fingerprint density at radius 3 is 2.10 bits per heavy atom. The molecule has 1 amide bonds. The van der Waals surface area contributed by atoms with Gasteiger partial charge in [0.25, 0.3) is 5.69 Å². The summed E-state index contributed by atoms with van der Waals surface area (Å²) in [6.45, 7) is 3.94. The SMILES string of the molecule is CCc1ccc(C2CN(C(=O)O)C(c3ccc([N+](=O)[O-])cc3)C(CC)(C(=O)O)C2)cc1. The van der Waals surface area contributed by atoms with Gasteiger partial charge in [-0.15, -0.1) is 0 Å². The van der Waals surface area contributed by atoms with Crippen LogP contribution in [0.1, 0.15) is 55.3 Å². The van der Waals surface area contributed by atoms with Crippen LogP contribution in [0.2, 0.25) is 0 Å². The van der Waals surface area contributed by atoms with E-state index in [0.29, 0.717) is 5.56 Å². The molecule has 0 radical (unpaired) electrons. The lowest BCUT2D eigenvalue weighted by molar-refractivity contribution is -0.384. The zero-order chi connectivity index (χ0) is 22.8. The van der Waals surface area contributed by atoms with Crippen molar-refractivity contribution in [2.45, 2.75) is 45.1 Å². The van der Waals surface area contributed by atoms with Crippen LogP contribution in [0.15, 0.2) is 48.5 Å². The molecule has 2 aromatic carbocycles. The molecule has 3 atom stereocenters. The first kappa shape index (κ1) is 22.3. The summed E-state index contributed by atoms with van der Waals surface area (Å²) in [7, 11) is 0. The molecule has 31 heavy (non-hydrogen) atoms. The third kappa shape index (κ3) is 4.10. The molecule has 0 bridgehead atoms.